The van der Waals surface area contributed by atoms with E-state index in [4.69, 9.17) is 5.11 Å². The SMILES string of the molecule is Cc1cc(C(=O)O)c(F)c(C)c1F. The third kappa shape index (κ3) is 1.52. The van der Waals surface area contributed by atoms with Gasteiger partial charge in [-0.3, -0.25) is 0 Å². The Morgan fingerprint density at radius 3 is 2.31 bits per heavy atom. The number of halogens is 2. The third-order valence-electron chi connectivity index (χ3n) is 1.83. The van der Waals surface area contributed by atoms with Gasteiger partial charge in [-0.1, -0.05) is 0 Å². The quantitative estimate of drug-likeness (QED) is 0.730. The number of carboxylic acid groups (broad SMARTS) is 1. The molecule has 1 aromatic carbocycles. The van der Waals surface area contributed by atoms with Gasteiger partial charge in [0.25, 0.3) is 0 Å². The van der Waals surface area contributed by atoms with Crippen LogP contribution in [0.15, 0.2) is 6.07 Å². The van der Waals surface area contributed by atoms with Crippen molar-refractivity contribution in [3.63, 3.8) is 0 Å². The molecule has 0 saturated heterocycles. The van der Waals surface area contributed by atoms with Crippen LogP contribution in [0, 0.1) is 25.5 Å². The molecular formula is C9H8F2O2. The molecule has 0 fully saturated rings. The Kier molecular flexibility index (Phi) is 2.32. The Labute approximate surface area is 73.8 Å². The van der Waals surface area contributed by atoms with Gasteiger partial charge in [-0.2, -0.15) is 0 Å². The molecule has 1 N–H and O–H groups in total. The number of hydrogen-bond donors (Lipinski definition) is 1. The standard InChI is InChI=1S/C9H8F2O2/c1-4-3-6(9(12)13)8(11)5(2)7(4)10/h3H,1-2H3,(H,12,13). The normalized spacial score (nSPS) is 10.2. The molecule has 0 heterocycles. The maximum absolute atomic E-state index is 13.1. The molecule has 1 rings (SSSR count). The molecule has 0 radical (unpaired) electrons. The monoisotopic (exact) mass is 186 g/mol. The molecule has 4 heteroatoms. The first-order chi connectivity index (χ1) is 5.95. The highest BCUT2D eigenvalue weighted by Crippen LogP contribution is 2.19. The average molecular weight is 186 g/mol. The lowest BCUT2D eigenvalue weighted by Crippen LogP contribution is -2.05. The van der Waals surface area contributed by atoms with Gasteiger partial charge in [-0.25, -0.2) is 13.6 Å². The number of benzene rings is 1. The van der Waals surface area contributed by atoms with Gasteiger partial charge in [0.1, 0.15) is 11.6 Å². The second-order valence-electron chi connectivity index (χ2n) is 2.80. The van der Waals surface area contributed by atoms with Gasteiger partial charge in [0, 0.05) is 5.56 Å². The van der Waals surface area contributed by atoms with Crippen LogP contribution in [0.3, 0.4) is 0 Å². The van der Waals surface area contributed by atoms with Crippen LogP contribution in [-0.2, 0) is 0 Å². The summed E-state index contributed by atoms with van der Waals surface area (Å²) in [4.78, 5) is 10.5. The Balaban J connectivity index is 3.50. The second-order valence-corrected chi connectivity index (χ2v) is 2.80. The van der Waals surface area contributed by atoms with Crippen molar-refractivity contribution in [2.75, 3.05) is 0 Å². The Hall–Kier alpha value is -1.45. The minimum Gasteiger partial charge on any atom is -0.478 e. The molecule has 0 bridgehead atoms. The van der Waals surface area contributed by atoms with Gasteiger partial charge in [0.2, 0.25) is 0 Å². The zero-order valence-corrected chi connectivity index (χ0v) is 7.19. The Morgan fingerprint density at radius 2 is 1.85 bits per heavy atom. The van der Waals surface area contributed by atoms with Crippen molar-refractivity contribution < 1.29 is 18.7 Å². The predicted octanol–water partition coefficient (Wildman–Crippen LogP) is 2.28. The summed E-state index contributed by atoms with van der Waals surface area (Å²) in [5, 5.41) is 8.54. The number of carbonyl (C=O) groups is 1. The molecule has 0 spiro atoms. The van der Waals surface area contributed by atoms with E-state index in [2.05, 4.69) is 0 Å². The van der Waals surface area contributed by atoms with Crippen LogP contribution in [0.25, 0.3) is 0 Å². The highest BCUT2D eigenvalue weighted by atomic mass is 19.1. The summed E-state index contributed by atoms with van der Waals surface area (Å²) >= 11 is 0. The van der Waals surface area contributed by atoms with Crippen LogP contribution in [0.4, 0.5) is 8.78 Å². The molecule has 1 aromatic rings. The fourth-order valence-corrected chi connectivity index (χ4v) is 1.09. The van der Waals surface area contributed by atoms with Crippen molar-refractivity contribution in [1.82, 2.24) is 0 Å². The van der Waals surface area contributed by atoms with E-state index in [1.54, 1.807) is 0 Å². The first kappa shape index (κ1) is 9.64. The summed E-state index contributed by atoms with van der Waals surface area (Å²) in [6, 6.07) is 0.986. The van der Waals surface area contributed by atoms with Crippen molar-refractivity contribution in [2.45, 2.75) is 13.8 Å². The van der Waals surface area contributed by atoms with Crippen molar-refractivity contribution in [3.05, 3.63) is 34.4 Å². The van der Waals surface area contributed by atoms with Gasteiger partial charge >= 0.3 is 5.97 Å². The summed E-state index contributed by atoms with van der Waals surface area (Å²) < 4.78 is 26.1. The van der Waals surface area contributed by atoms with Crippen LogP contribution < -0.4 is 0 Å². The number of aromatic carboxylic acids is 1. The first-order valence-corrected chi connectivity index (χ1v) is 3.63. The molecule has 0 saturated carbocycles. The zero-order valence-electron chi connectivity index (χ0n) is 7.19. The number of carboxylic acids is 1. The van der Waals surface area contributed by atoms with Crippen molar-refractivity contribution >= 4 is 5.97 Å². The van der Waals surface area contributed by atoms with E-state index in [9.17, 15) is 13.6 Å². The molecule has 0 aliphatic carbocycles. The molecule has 0 atom stereocenters. The van der Waals surface area contributed by atoms with Gasteiger partial charge in [0.15, 0.2) is 0 Å². The number of hydrogen-bond acceptors (Lipinski definition) is 1. The fraction of sp³-hybridized carbons (Fsp3) is 0.222. The van der Waals surface area contributed by atoms with Crippen LogP contribution in [0.5, 0.6) is 0 Å². The topological polar surface area (TPSA) is 37.3 Å². The van der Waals surface area contributed by atoms with E-state index >= 15 is 0 Å². The molecule has 0 aliphatic rings. The molecule has 13 heavy (non-hydrogen) atoms. The van der Waals surface area contributed by atoms with E-state index in [1.807, 2.05) is 0 Å². The maximum atomic E-state index is 13.1. The largest absolute Gasteiger partial charge is 0.478 e. The number of rotatable bonds is 1. The molecular weight excluding hydrogens is 178 g/mol. The lowest BCUT2D eigenvalue weighted by molar-refractivity contribution is 0.0691. The van der Waals surface area contributed by atoms with Gasteiger partial charge in [0.05, 0.1) is 5.56 Å². The van der Waals surface area contributed by atoms with E-state index < -0.39 is 23.2 Å². The lowest BCUT2D eigenvalue weighted by Gasteiger charge is -2.05. The summed E-state index contributed by atoms with van der Waals surface area (Å²) in [7, 11) is 0. The van der Waals surface area contributed by atoms with Crippen molar-refractivity contribution in [1.29, 1.82) is 0 Å². The minimum atomic E-state index is -1.39. The van der Waals surface area contributed by atoms with E-state index in [0.717, 1.165) is 6.07 Å². The predicted molar refractivity (Wildman–Crippen MR) is 42.8 cm³/mol. The zero-order chi connectivity index (χ0) is 10.2. The highest BCUT2D eigenvalue weighted by Gasteiger charge is 2.17. The first-order valence-electron chi connectivity index (χ1n) is 3.63. The summed E-state index contributed by atoms with van der Waals surface area (Å²) in [5.41, 5.74) is -0.606. The smallest absolute Gasteiger partial charge is 0.338 e. The summed E-state index contributed by atoms with van der Waals surface area (Å²) in [5.74, 6) is -3.08. The second kappa shape index (κ2) is 3.12. The van der Waals surface area contributed by atoms with Crippen molar-refractivity contribution in [3.8, 4) is 0 Å². The average Bonchev–Trinajstić information content (AvgIpc) is 2.07. The molecule has 0 aromatic heterocycles. The van der Waals surface area contributed by atoms with Crippen LogP contribution in [0.1, 0.15) is 21.5 Å². The van der Waals surface area contributed by atoms with Crippen LogP contribution in [0.2, 0.25) is 0 Å². The summed E-state index contributed by atoms with van der Waals surface area (Å²) in [6.45, 7) is 2.61. The lowest BCUT2D eigenvalue weighted by atomic mass is 10.1. The van der Waals surface area contributed by atoms with Crippen LogP contribution in [-0.4, -0.2) is 11.1 Å². The fourth-order valence-electron chi connectivity index (χ4n) is 1.09. The van der Waals surface area contributed by atoms with Gasteiger partial charge in [-0.05, 0) is 25.5 Å². The van der Waals surface area contributed by atoms with Gasteiger partial charge in [-0.15, -0.1) is 0 Å². The van der Waals surface area contributed by atoms with Crippen LogP contribution >= 0.6 is 0 Å². The molecule has 70 valence electrons. The minimum absolute atomic E-state index is 0.135. The number of aryl methyl sites for hydroxylation is 1. The molecule has 2 nitrogen and oxygen atoms in total. The highest BCUT2D eigenvalue weighted by molar-refractivity contribution is 5.88. The maximum Gasteiger partial charge on any atom is 0.338 e. The van der Waals surface area contributed by atoms with E-state index in [0.29, 0.717) is 0 Å². The van der Waals surface area contributed by atoms with E-state index in [1.165, 1.54) is 13.8 Å². The Morgan fingerprint density at radius 1 is 1.31 bits per heavy atom. The molecule has 0 aliphatic heterocycles. The summed E-state index contributed by atoms with van der Waals surface area (Å²) in [6.07, 6.45) is 0. The molecule has 0 amide bonds. The van der Waals surface area contributed by atoms with Gasteiger partial charge < -0.3 is 5.11 Å². The molecule has 0 unspecified atom stereocenters. The van der Waals surface area contributed by atoms with Crippen molar-refractivity contribution in [2.24, 2.45) is 0 Å². The van der Waals surface area contributed by atoms with E-state index in [-0.39, 0.29) is 11.1 Å². The Bertz CT molecular complexity index is 372. The third-order valence-corrected chi connectivity index (χ3v) is 1.83.